The molecule has 106 valence electrons. The van der Waals surface area contributed by atoms with Gasteiger partial charge in [0, 0.05) is 30.9 Å². The summed E-state index contributed by atoms with van der Waals surface area (Å²) in [5.74, 6) is -1.08. The summed E-state index contributed by atoms with van der Waals surface area (Å²) >= 11 is 0. The van der Waals surface area contributed by atoms with Crippen molar-refractivity contribution in [2.75, 3.05) is 13.1 Å². The van der Waals surface area contributed by atoms with Crippen molar-refractivity contribution in [1.82, 2.24) is 9.88 Å². The molecule has 2 aliphatic rings. The molecule has 1 aromatic rings. The summed E-state index contributed by atoms with van der Waals surface area (Å²) in [6.45, 7) is 0.718. The molecule has 0 spiro atoms. The Labute approximate surface area is 115 Å². The first-order valence-electron chi connectivity index (χ1n) is 6.77. The van der Waals surface area contributed by atoms with Crippen LogP contribution in [0.15, 0.2) is 23.1 Å². The van der Waals surface area contributed by atoms with Crippen LogP contribution in [-0.2, 0) is 4.79 Å². The number of H-pyrrole nitrogens is 1. The van der Waals surface area contributed by atoms with E-state index in [9.17, 15) is 19.5 Å². The Morgan fingerprint density at radius 2 is 2.05 bits per heavy atom. The number of likely N-dealkylation sites (tertiary alicyclic amines) is 1. The summed E-state index contributed by atoms with van der Waals surface area (Å²) < 4.78 is 0. The molecule has 2 fully saturated rings. The van der Waals surface area contributed by atoms with Crippen LogP contribution in [0.25, 0.3) is 0 Å². The van der Waals surface area contributed by atoms with Crippen LogP contribution < -0.4 is 5.56 Å². The molecule has 20 heavy (non-hydrogen) atoms. The molecular formula is C14H16N2O4. The number of hydrogen-bond acceptors (Lipinski definition) is 3. The molecule has 3 rings (SSSR count). The number of nitrogens with one attached hydrogen (secondary N) is 1. The second kappa shape index (κ2) is 4.77. The van der Waals surface area contributed by atoms with Crippen molar-refractivity contribution >= 4 is 11.9 Å². The van der Waals surface area contributed by atoms with E-state index in [0.717, 1.165) is 12.8 Å². The molecule has 6 heteroatoms. The molecule has 2 heterocycles. The third kappa shape index (κ3) is 2.33. The third-order valence-corrected chi connectivity index (χ3v) is 4.22. The number of carboxylic acids is 1. The Balaban J connectivity index is 1.79. The molecule has 1 aromatic heterocycles. The van der Waals surface area contributed by atoms with Gasteiger partial charge in [-0.15, -0.1) is 0 Å². The number of rotatable bonds is 3. The van der Waals surface area contributed by atoms with Gasteiger partial charge >= 0.3 is 5.97 Å². The van der Waals surface area contributed by atoms with Crippen LogP contribution in [0.2, 0.25) is 0 Å². The fourth-order valence-corrected chi connectivity index (χ4v) is 3.02. The van der Waals surface area contributed by atoms with Crippen LogP contribution in [0.4, 0.5) is 0 Å². The Kier molecular flexibility index (Phi) is 3.08. The predicted molar refractivity (Wildman–Crippen MR) is 70.3 cm³/mol. The second-order valence-electron chi connectivity index (χ2n) is 5.60. The quantitative estimate of drug-likeness (QED) is 0.844. The average molecular weight is 276 g/mol. The monoisotopic (exact) mass is 276 g/mol. The lowest BCUT2D eigenvalue weighted by Gasteiger charge is -2.16. The Morgan fingerprint density at radius 1 is 1.30 bits per heavy atom. The molecule has 1 saturated carbocycles. The van der Waals surface area contributed by atoms with Crippen molar-refractivity contribution in [2.45, 2.75) is 12.8 Å². The van der Waals surface area contributed by atoms with Crippen molar-refractivity contribution in [2.24, 2.45) is 17.8 Å². The number of hydrogen-bond donors (Lipinski definition) is 2. The molecule has 6 nitrogen and oxygen atoms in total. The van der Waals surface area contributed by atoms with Crippen LogP contribution in [0.3, 0.4) is 0 Å². The molecular weight excluding hydrogens is 260 g/mol. The number of aromatic amines is 1. The highest BCUT2D eigenvalue weighted by Crippen LogP contribution is 2.44. The molecule has 0 unspecified atom stereocenters. The second-order valence-corrected chi connectivity index (χ2v) is 5.60. The molecule has 2 N–H and O–H groups in total. The number of nitrogens with zero attached hydrogens (tertiary/aromatic N) is 1. The smallest absolute Gasteiger partial charge is 0.308 e. The average Bonchev–Trinajstić information content (AvgIpc) is 3.16. The Hall–Kier alpha value is -2.11. The lowest BCUT2D eigenvalue weighted by atomic mass is 9.92. The van der Waals surface area contributed by atoms with E-state index in [2.05, 4.69) is 4.98 Å². The summed E-state index contributed by atoms with van der Waals surface area (Å²) in [6, 6.07) is 2.80. The largest absolute Gasteiger partial charge is 0.481 e. The van der Waals surface area contributed by atoms with Gasteiger partial charge < -0.3 is 15.0 Å². The number of amides is 1. The third-order valence-electron chi connectivity index (χ3n) is 4.22. The summed E-state index contributed by atoms with van der Waals surface area (Å²) in [6.07, 6.45) is 3.54. The van der Waals surface area contributed by atoms with Gasteiger partial charge in [0.1, 0.15) is 0 Å². The zero-order valence-corrected chi connectivity index (χ0v) is 10.9. The van der Waals surface area contributed by atoms with E-state index in [4.69, 9.17) is 0 Å². The summed E-state index contributed by atoms with van der Waals surface area (Å²) in [4.78, 5) is 38.9. The van der Waals surface area contributed by atoms with Crippen LogP contribution in [0.5, 0.6) is 0 Å². The summed E-state index contributed by atoms with van der Waals surface area (Å²) in [7, 11) is 0. The zero-order valence-electron chi connectivity index (χ0n) is 10.9. The first-order valence-corrected chi connectivity index (χ1v) is 6.77. The number of pyridine rings is 1. The van der Waals surface area contributed by atoms with Gasteiger partial charge in [0.25, 0.3) is 5.91 Å². The highest BCUT2D eigenvalue weighted by molar-refractivity contribution is 5.94. The first kappa shape index (κ1) is 12.9. The van der Waals surface area contributed by atoms with Crippen LogP contribution in [-0.4, -0.2) is 40.0 Å². The van der Waals surface area contributed by atoms with E-state index >= 15 is 0 Å². The van der Waals surface area contributed by atoms with Gasteiger partial charge in [-0.3, -0.25) is 14.4 Å². The molecule has 2 atom stereocenters. The van der Waals surface area contributed by atoms with Crippen LogP contribution in [0, 0.1) is 17.8 Å². The van der Waals surface area contributed by atoms with Gasteiger partial charge in [-0.05, 0) is 30.7 Å². The van der Waals surface area contributed by atoms with Crippen LogP contribution in [0.1, 0.15) is 23.2 Å². The zero-order chi connectivity index (χ0) is 14.3. The lowest BCUT2D eigenvalue weighted by molar-refractivity contribution is -0.142. The maximum Gasteiger partial charge on any atom is 0.308 e. The van der Waals surface area contributed by atoms with Gasteiger partial charge in [-0.1, -0.05) is 0 Å². The predicted octanol–water partition coefficient (Wildman–Crippen LogP) is 0.558. The standard InChI is InChI=1S/C14H16N2O4/c17-12-5-9(3-4-15-12)13(18)16-6-10(8-1-2-8)11(7-16)14(19)20/h3-5,8,10-11H,1-2,6-7H2,(H,15,17)(H,19,20)/t10-,11+/m1/s1. The van der Waals surface area contributed by atoms with Crippen molar-refractivity contribution in [3.05, 3.63) is 34.2 Å². The number of aromatic nitrogens is 1. The van der Waals surface area contributed by atoms with Crippen LogP contribution >= 0.6 is 0 Å². The minimum atomic E-state index is -0.830. The highest BCUT2D eigenvalue weighted by atomic mass is 16.4. The van der Waals surface area contributed by atoms with Gasteiger partial charge in [-0.25, -0.2) is 0 Å². The fraction of sp³-hybridized carbons (Fsp3) is 0.500. The Morgan fingerprint density at radius 3 is 2.65 bits per heavy atom. The maximum atomic E-state index is 12.3. The molecule has 0 aromatic carbocycles. The van der Waals surface area contributed by atoms with Gasteiger partial charge in [0.05, 0.1) is 5.92 Å². The van der Waals surface area contributed by atoms with Gasteiger partial charge in [0.15, 0.2) is 0 Å². The summed E-state index contributed by atoms with van der Waals surface area (Å²) in [5.41, 5.74) is -0.0158. The van der Waals surface area contributed by atoms with E-state index in [0.29, 0.717) is 18.0 Å². The minimum Gasteiger partial charge on any atom is -0.481 e. The van der Waals surface area contributed by atoms with E-state index < -0.39 is 11.9 Å². The van der Waals surface area contributed by atoms with E-state index in [1.165, 1.54) is 12.3 Å². The number of carbonyl (C=O) groups excluding carboxylic acids is 1. The lowest BCUT2D eigenvalue weighted by Crippen LogP contribution is -2.30. The minimum absolute atomic E-state index is 0.0541. The van der Waals surface area contributed by atoms with E-state index in [-0.39, 0.29) is 23.9 Å². The van der Waals surface area contributed by atoms with E-state index in [1.54, 1.807) is 11.0 Å². The normalized spacial score (nSPS) is 25.7. The van der Waals surface area contributed by atoms with Gasteiger partial charge in [0.2, 0.25) is 5.56 Å². The molecule has 1 aliphatic carbocycles. The van der Waals surface area contributed by atoms with Crippen molar-refractivity contribution in [1.29, 1.82) is 0 Å². The molecule has 0 radical (unpaired) electrons. The fourth-order valence-electron chi connectivity index (χ4n) is 3.02. The first-order chi connectivity index (χ1) is 9.56. The molecule has 1 amide bonds. The Bertz CT molecular complexity index is 605. The topological polar surface area (TPSA) is 90.5 Å². The SMILES string of the molecule is O=C(O)[C@H]1CN(C(=O)c2cc[nH]c(=O)c2)C[C@@H]1C1CC1. The van der Waals surface area contributed by atoms with Crippen molar-refractivity contribution < 1.29 is 14.7 Å². The summed E-state index contributed by atoms with van der Waals surface area (Å²) in [5, 5.41) is 9.28. The van der Waals surface area contributed by atoms with Gasteiger partial charge in [-0.2, -0.15) is 0 Å². The highest BCUT2D eigenvalue weighted by Gasteiger charge is 2.46. The molecule has 0 bridgehead atoms. The maximum absolute atomic E-state index is 12.3. The molecule has 1 saturated heterocycles. The number of carboxylic acid groups (broad SMARTS) is 1. The molecule has 1 aliphatic heterocycles. The van der Waals surface area contributed by atoms with E-state index in [1.807, 2.05) is 0 Å². The number of aliphatic carboxylic acids is 1. The van der Waals surface area contributed by atoms with Crippen molar-refractivity contribution in [3.63, 3.8) is 0 Å². The van der Waals surface area contributed by atoms with Crippen molar-refractivity contribution in [3.8, 4) is 0 Å². The number of carbonyl (C=O) groups is 2.